The Morgan fingerprint density at radius 3 is 1.40 bits per heavy atom. The van der Waals surface area contributed by atoms with Gasteiger partial charge in [-0.05, 0) is 92.2 Å². The molecule has 4 heterocycles. The first kappa shape index (κ1) is 31.8. The summed E-state index contributed by atoms with van der Waals surface area (Å²) < 4.78 is 15.1. The van der Waals surface area contributed by atoms with E-state index < -0.39 is 0 Å². The molecular weight excluding hydrogens is 655 g/mol. The van der Waals surface area contributed by atoms with Crippen LogP contribution in [-0.2, 0) is 0 Å². The fourth-order valence-electron chi connectivity index (χ4n) is 6.92. The summed E-state index contributed by atoms with van der Waals surface area (Å²) in [4.78, 5) is 19.3. The van der Waals surface area contributed by atoms with Crippen molar-refractivity contribution in [2.75, 3.05) is 0 Å². The van der Waals surface area contributed by atoms with Gasteiger partial charge in [0, 0.05) is 52.0 Å². The minimum atomic E-state index is 0.572. The highest BCUT2D eigenvalue weighted by atomic mass is 16.5. The molecule has 0 N–H and O–H groups in total. The van der Waals surface area contributed by atoms with Gasteiger partial charge >= 0.3 is 0 Å². The zero-order chi connectivity index (χ0) is 35.7. The molecule has 7 heteroatoms. The van der Waals surface area contributed by atoms with E-state index in [2.05, 4.69) is 50.9 Å². The first-order chi connectivity index (χ1) is 26.1. The average molecular weight is 688 g/mol. The van der Waals surface area contributed by atoms with Crippen molar-refractivity contribution >= 4 is 21.8 Å². The maximum absolute atomic E-state index is 6.50. The van der Waals surface area contributed by atoms with E-state index in [1.54, 1.807) is 12.4 Å². The lowest BCUT2D eigenvalue weighted by atomic mass is 10.0. The predicted octanol–water partition coefficient (Wildman–Crippen LogP) is 11.6. The second-order valence-corrected chi connectivity index (χ2v) is 12.8. The highest BCUT2D eigenvalue weighted by Gasteiger charge is 2.19. The zero-order valence-corrected chi connectivity index (χ0v) is 29.1. The molecule has 0 bridgehead atoms. The van der Waals surface area contributed by atoms with Gasteiger partial charge in [-0.25, -0.2) is 9.97 Å². The Bertz CT molecular complexity index is 2580. The monoisotopic (exact) mass is 687 g/mol. The van der Waals surface area contributed by atoms with Crippen LogP contribution in [0.25, 0.3) is 61.4 Å². The quantitative estimate of drug-likeness (QED) is 0.158. The number of aryl methyl sites for hydroxylation is 2. The molecule has 9 aromatic rings. The van der Waals surface area contributed by atoms with Gasteiger partial charge in [0.25, 0.3) is 0 Å². The third-order valence-corrected chi connectivity index (χ3v) is 9.29. The molecule has 0 saturated carbocycles. The Hall–Kier alpha value is -7.12. The number of fused-ring (bicyclic) bond motifs is 3. The fourth-order valence-corrected chi connectivity index (χ4v) is 6.92. The number of ether oxygens (including phenoxy) is 2. The van der Waals surface area contributed by atoms with E-state index in [1.165, 1.54) is 0 Å². The van der Waals surface area contributed by atoms with Gasteiger partial charge in [0.05, 0.1) is 33.8 Å². The minimum absolute atomic E-state index is 0.572. The number of benzene rings is 5. The van der Waals surface area contributed by atoms with Crippen LogP contribution in [0.4, 0.5) is 0 Å². The standard InChI is InChI=1S/C46H33N5O2/c1-30-45(32-12-4-3-5-13-32)31(2)50-46(49-30)51-43-28-37(52-35-16-10-14-33(26-35)41-18-6-8-24-47-41)20-22-39(43)40-23-21-38(29-44(40)51)53-36-17-11-15-34(27-36)42-19-7-9-25-48-42/h3-29H,1-2H3. The van der Waals surface area contributed by atoms with Crippen LogP contribution in [0.3, 0.4) is 0 Å². The van der Waals surface area contributed by atoms with Crippen LogP contribution in [0.2, 0.25) is 0 Å². The number of nitrogens with zero attached hydrogens (tertiary/aromatic N) is 5. The molecular formula is C46H33N5O2. The Morgan fingerprint density at radius 2 is 0.906 bits per heavy atom. The van der Waals surface area contributed by atoms with Crippen molar-refractivity contribution in [3.63, 3.8) is 0 Å². The summed E-state index contributed by atoms with van der Waals surface area (Å²) in [6, 6.07) is 50.3. The van der Waals surface area contributed by atoms with E-state index >= 15 is 0 Å². The van der Waals surface area contributed by atoms with Crippen LogP contribution in [0.5, 0.6) is 23.0 Å². The van der Waals surface area contributed by atoms with Crippen LogP contribution >= 0.6 is 0 Å². The van der Waals surface area contributed by atoms with Gasteiger partial charge < -0.3 is 9.47 Å². The SMILES string of the molecule is Cc1nc(-n2c3cc(Oc4cccc(-c5ccccn5)c4)ccc3c3ccc(Oc4cccc(-c5ccccn5)c4)cc32)nc(C)c1-c1ccccc1. The van der Waals surface area contributed by atoms with Crippen LogP contribution < -0.4 is 9.47 Å². The molecule has 0 fully saturated rings. The average Bonchev–Trinajstić information content (AvgIpc) is 3.51. The fraction of sp³-hybridized carbons (Fsp3) is 0.0435. The van der Waals surface area contributed by atoms with Crippen molar-refractivity contribution in [3.8, 4) is 62.6 Å². The van der Waals surface area contributed by atoms with Gasteiger partial charge in [0.2, 0.25) is 5.95 Å². The minimum Gasteiger partial charge on any atom is -0.457 e. The van der Waals surface area contributed by atoms with E-state index in [4.69, 9.17) is 19.4 Å². The summed E-state index contributed by atoms with van der Waals surface area (Å²) in [6.45, 7) is 4.08. The summed E-state index contributed by atoms with van der Waals surface area (Å²) in [5, 5.41) is 2.09. The molecule has 0 aliphatic carbocycles. The molecule has 0 atom stereocenters. The van der Waals surface area contributed by atoms with Crippen LogP contribution in [0.1, 0.15) is 11.4 Å². The van der Waals surface area contributed by atoms with E-state index in [0.717, 1.165) is 66.8 Å². The first-order valence-electron chi connectivity index (χ1n) is 17.5. The van der Waals surface area contributed by atoms with Crippen molar-refractivity contribution in [2.45, 2.75) is 13.8 Å². The second-order valence-electron chi connectivity index (χ2n) is 12.8. The van der Waals surface area contributed by atoms with Gasteiger partial charge in [0.15, 0.2) is 0 Å². The zero-order valence-electron chi connectivity index (χ0n) is 29.1. The van der Waals surface area contributed by atoms with Gasteiger partial charge in [0.1, 0.15) is 23.0 Å². The number of hydrogen-bond donors (Lipinski definition) is 0. The molecule has 254 valence electrons. The van der Waals surface area contributed by atoms with Crippen LogP contribution in [0, 0.1) is 13.8 Å². The molecule has 53 heavy (non-hydrogen) atoms. The highest BCUT2D eigenvalue weighted by Crippen LogP contribution is 2.38. The molecule has 7 nitrogen and oxygen atoms in total. The first-order valence-corrected chi connectivity index (χ1v) is 17.5. The van der Waals surface area contributed by atoms with Crippen molar-refractivity contribution in [3.05, 3.63) is 175 Å². The van der Waals surface area contributed by atoms with Crippen LogP contribution in [-0.4, -0.2) is 24.5 Å². The molecule has 0 aliphatic heterocycles. The Kier molecular flexibility index (Phi) is 8.13. The van der Waals surface area contributed by atoms with Crippen molar-refractivity contribution in [2.24, 2.45) is 0 Å². The summed E-state index contributed by atoms with van der Waals surface area (Å²) in [5.74, 6) is 3.39. The number of pyridine rings is 2. The number of rotatable bonds is 8. The maximum atomic E-state index is 6.50. The number of hydrogen-bond acceptors (Lipinski definition) is 6. The molecule has 9 rings (SSSR count). The summed E-state index contributed by atoms with van der Waals surface area (Å²) in [6.07, 6.45) is 3.59. The van der Waals surface area contributed by atoms with Crippen molar-refractivity contribution < 1.29 is 9.47 Å². The molecule has 0 spiro atoms. The maximum Gasteiger partial charge on any atom is 0.235 e. The molecule has 0 amide bonds. The van der Waals surface area contributed by atoms with E-state index in [0.29, 0.717) is 28.9 Å². The van der Waals surface area contributed by atoms with Crippen molar-refractivity contribution in [1.82, 2.24) is 24.5 Å². The Balaban J connectivity index is 1.16. The summed E-state index contributed by atoms with van der Waals surface area (Å²) in [7, 11) is 0. The third kappa shape index (κ3) is 6.25. The van der Waals surface area contributed by atoms with E-state index in [9.17, 15) is 0 Å². The smallest absolute Gasteiger partial charge is 0.235 e. The lowest BCUT2D eigenvalue weighted by Crippen LogP contribution is -2.06. The lowest BCUT2D eigenvalue weighted by molar-refractivity contribution is 0.483. The second kappa shape index (κ2) is 13.5. The molecule has 0 aliphatic rings. The van der Waals surface area contributed by atoms with Crippen LogP contribution in [0.15, 0.2) is 164 Å². The van der Waals surface area contributed by atoms with E-state index in [1.807, 2.05) is 129 Å². The topological polar surface area (TPSA) is 75.0 Å². The van der Waals surface area contributed by atoms with E-state index in [-0.39, 0.29) is 0 Å². The third-order valence-electron chi connectivity index (χ3n) is 9.29. The Morgan fingerprint density at radius 1 is 0.434 bits per heavy atom. The van der Waals surface area contributed by atoms with Gasteiger partial charge in [-0.3, -0.25) is 14.5 Å². The summed E-state index contributed by atoms with van der Waals surface area (Å²) >= 11 is 0. The summed E-state index contributed by atoms with van der Waals surface area (Å²) in [5.41, 5.74) is 9.47. The Labute approximate surface area is 306 Å². The predicted molar refractivity (Wildman–Crippen MR) is 211 cm³/mol. The van der Waals surface area contributed by atoms with Gasteiger partial charge in [-0.15, -0.1) is 0 Å². The highest BCUT2D eigenvalue weighted by molar-refractivity contribution is 6.09. The molecule has 4 aromatic heterocycles. The molecule has 0 saturated heterocycles. The largest absolute Gasteiger partial charge is 0.457 e. The lowest BCUT2D eigenvalue weighted by Gasteiger charge is -2.14. The molecule has 0 unspecified atom stereocenters. The number of aromatic nitrogens is 5. The normalized spacial score (nSPS) is 11.2. The molecule has 5 aromatic carbocycles. The van der Waals surface area contributed by atoms with Crippen molar-refractivity contribution in [1.29, 1.82) is 0 Å². The van der Waals surface area contributed by atoms with Gasteiger partial charge in [-0.2, -0.15) is 0 Å². The molecule has 0 radical (unpaired) electrons. The van der Waals surface area contributed by atoms with Gasteiger partial charge in [-0.1, -0.05) is 66.7 Å².